The molecule has 7 nitrogen and oxygen atoms in total. The lowest BCUT2D eigenvalue weighted by Gasteiger charge is -2.32. The normalized spacial score (nSPS) is 23.1. The highest BCUT2D eigenvalue weighted by molar-refractivity contribution is 5.87. The molecule has 1 aromatic carbocycles. The number of carbonyl (C=O) groups excluding carboxylic acids is 2. The van der Waals surface area contributed by atoms with Crippen LogP contribution in [0.2, 0.25) is 0 Å². The van der Waals surface area contributed by atoms with Crippen LogP contribution in [0.3, 0.4) is 0 Å². The number of amides is 2. The molecule has 134 valence electrons. The van der Waals surface area contributed by atoms with E-state index >= 15 is 0 Å². The van der Waals surface area contributed by atoms with Crippen molar-refractivity contribution in [1.82, 2.24) is 10.2 Å². The predicted molar refractivity (Wildman–Crippen MR) is 91.3 cm³/mol. The van der Waals surface area contributed by atoms with E-state index in [1.165, 1.54) is 5.56 Å². The zero-order valence-corrected chi connectivity index (χ0v) is 14.1. The number of rotatable bonds is 6. The number of hydrogen-bond acceptors (Lipinski definition) is 4. The fourth-order valence-electron chi connectivity index (χ4n) is 3.44. The van der Waals surface area contributed by atoms with Gasteiger partial charge >= 0.3 is 0 Å². The smallest absolute Gasteiger partial charge is 0.241 e. The average Bonchev–Trinajstić information content (AvgIpc) is 3.42. The molecular weight excluding hydrogens is 322 g/mol. The van der Waals surface area contributed by atoms with Gasteiger partial charge < -0.3 is 10.2 Å². The molecule has 1 aliphatic heterocycles. The molecule has 1 aromatic rings. The Balaban J connectivity index is 1.37. The van der Waals surface area contributed by atoms with Gasteiger partial charge in [-0.05, 0) is 30.7 Å². The first-order valence-corrected chi connectivity index (χ1v) is 8.77. The van der Waals surface area contributed by atoms with Gasteiger partial charge in [0.15, 0.2) is 0 Å². The third-order valence-corrected chi connectivity index (χ3v) is 5.11. The van der Waals surface area contributed by atoms with E-state index in [-0.39, 0.29) is 24.8 Å². The molecular formula is C18H23N3O4. The van der Waals surface area contributed by atoms with Crippen molar-refractivity contribution in [3.63, 3.8) is 0 Å². The zero-order chi connectivity index (χ0) is 17.8. The fourth-order valence-corrected chi connectivity index (χ4v) is 3.44. The van der Waals surface area contributed by atoms with E-state index in [0.717, 1.165) is 19.3 Å². The number of nitrogens with one attached hydrogen (secondary N) is 1. The molecule has 0 spiro atoms. The third-order valence-electron chi connectivity index (χ3n) is 5.11. The molecule has 2 fully saturated rings. The summed E-state index contributed by atoms with van der Waals surface area (Å²) in [6.07, 6.45) is 3.22. The molecule has 1 saturated heterocycles. The minimum absolute atomic E-state index is 0.0663. The lowest BCUT2D eigenvalue weighted by molar-refractivity contribution is -0.497. The lowest BCUT2D eigenvalue weighted by Crippen LogP contribution is -2.44. The second-order valence-corrected chi connectivity index (χ2v) is 6.93. The Kier molecular flexibility index (Phi) is 5.31. The van der Waals surface area contributed by atoms with Crippen molar-refractivity contribution in [3.8, 4) is 0 Å². The first-order chi connectivity index (χ1) is 12.0. The van der Waals surface area contributed by atoms with Gasteiger partial charge in [0.1, 0.15) is 5.92 Å². The topological polar surface area (TPSA) is 92.6 Å². The molecule has 1 N–H and O–H groups in total. The van der Waals surface area contributed by atoms with E-state index in [9.17, 15) is 19.7 Å². The van der Waals surface area contributed by atoms with Gasteiger partial charge in [0.05, 0.1) is 6.54 Å². The summed E-state index contributed by atoms with van der Waals surface area (Å²) in [7, 11) is 0. The molecule has 2 aliphatic rings. The SMILES string of the molecule is O=C(NCC(=O)N1CCC(Cc2ccccc2)CC1)C1CC1[N+](=O)[O-]. The molecule has 2 unspecified atom stereocenters. The van der Waals surface area contributed by atoms with Gasteiger partial charge in [0, 0.05) is 24.4 Å². The summed E-state index contributed by atoms with van der Waals surface area (Å²) in [5.41, 5.74) is 1.32. The summed E-state index contributed by atoms with van der Waals surface area (Å²) < 4.78 is 0. The zero-order valence-electron chi connectivity index (χ0n) is 14.1. The molecule has 25 heavy (non-hydrogen) atoms. The Morgan fingerprint density at radius 3 is 2.48 bits per heavy atom. The molecule has 0 bridgehead atoms. The summed E-state index contributed by atoms with van der Waals surface area (Å²) >= 11 is 0. The van der Waals surface area contributed by atoms with Crippen LogP contribution in [0.1, 0.15) is 24.8 Å². The van der Waals surface area contributed by atoms with Crippen LogP contribution in [0.25, 0.3) is 0 Å². The van der Waals surface area contributed by atoms with Crippen LogP contribution in [-0.4, -0.2) is 47.3 Å². The average molecular weight is 345 g/mol. The van der Waals surface area contributed by atoms with E-state index in [1.54, 1.807) is 4.90 Å². The minimum Gasteiger partial charge on any atom is -0.347 e. The van der Waals surface area contributed by atoms with Gasteiger partial charge in [-0.2, -0.15) is 0 Å². The van der Waals surface area contributed by atoms with E-state index in [4.69, 9.17) is 0 Å². The fraction of sp³-hybridized carbons (Fsp3) is 0.556. The number of hydrogen-bond donors (Lipinski definition) is 1. The standard InChI is InChI=1S/C18H23N3O4/c22-17(12-19-18(23)15-11-16(15)21(24)25)20-8-6-14(7-9-20)10-13-4-2-1-3-5-13/h1-5,14-16H,6-12H2,(H,19,23). The van der Waals surface area contributed by atoms with Gasteiger partial charge in [0.25, 0.3) is 0 Å². The molecule has 1 saturated carbocycles. The third kappa shape index (κ3) is 4.55. The van der Waals surface area contributed by atoms with Crippen LogP contribution in [0.4, 0.5) is 0 Å². The van der Waals surface area contributed by atoms with Gasteiger partial charge in [0.2, 0.25) is 17.9 Å². The maximum Gasteiger partial charge on any atom is 0.241 e. The van der Waals surface area contributed by atoms with E-state index < -0.39 is 16.9 Å². The molecule has 2 atom stereocenters. The van der Waals surface area contributed by atoms with Gasteiger partial charge in [-0.1, -0.05) is 30.3 Å². The van der Waals surface area contributed by atoms with Crippen LogP contribution in [0, 0.1) is 22.0 Å². The van der Waals surface area contributed by atoms with Crippen LogP contribution in [0.15, 0.2) is 30.3 Å². The molecule has 0 radical (unpaired) electrons. The summed E-state index contributed by atoms with van der Waals surface area (Å²) in [4.78, 5) is 35.9. The van der Waals surface area contributed by atoms with Crippen LogP contribution >= 0.6 is 0 Å². The molecule has 0 aromatic heterocycles. The second kappa shape index (κ2) is 7.63. The maximum absolute atomic E-state index is 12.2. The molecule has 1 aliphatic carbocycles. The van der Waals surface area contributed by atoms with Crippen molar-refractivity contribution < 1.29 is 14.5 Å². The summed E-state index contributed by atoms with van der Waals surface area (Å²) in [6, 6.07) is 9.57. The predicted octanol–water partition coefficient (Wildman–Crippen LogP) is 1.25. The number of benzene rings is 1. The van der Waals surface area contributed by atoms with Crippen LogP contribution < -0.4 is 5.32 Å². The van der Waals surface area contributed by atoms with Crippen molar-refractivity contribution in [1.29, 1.82) is 0 Å². The highest BCUT2D eigenvalue weighted by Crippen LogP contribution is 2.32. The molecule has 2 amide bonds. The quantitative estimate of drug-likeness (QED) is 0.620. The number of piperidine rings is 1. The number of nitro groups is 1. The number of nitrogens with zero attached hydrogens (tertiary/aromatic N) is 2. The summed E-state index contributed by atoms with van der Waals surface area (Å²) in [5.74, 6) is -0.480. The lowest BCUT2D eigenvalue weighted by atomic mass is 9.90. The Labute approximate surface area is 146 Å². The van der Waals surface area contributed by atoms with Crippen molar-refractivity contribution in [2.45, 2.75) is 31.7 Å². The van der Waals surface area contributed by atoms with Crippen LogP contribution in [-0.2, 0) is 16.0 Å². The van der Waals surface area contributed by atoms with Gasteiger partial charge in [-0.3, -0.25) is 19.7 Å². The maximum atomic E-state index is 12.2. The van der Waals surface area contributed by atoms with Crippen molar-refractivity contribution in [2.24, 2.45) is 11.8 Å². The number of likely N-dealkylation sites (tertiary alicyclic amines) is 1. The van der Waals surface area contributed by atoms with Gasteiger partial charge in [-0.25, -0.2) is 0 Å². The molecule has 7 heteroatoms. The number of carbonyl (C=O) groups is 2. The Hall–Kier alpha value is -2.44. The highest BCUT2D eigenvalue weighted by Gasteiger charge is 2.53. The minimum atomic E-state index is -0.774. The molecule has 1 heterocycles. The highest BCUT2D eigenvalue weighted by atomic mass is 16.6. The first-order valence-electron chi connectivity index (χ1n) is 8.77. The second-order valence-electron chi connectivity index (χ2n) is 6.93. The Bertz CT molecular complexity index is 641. The van der Waals surface area contributed by atoms with Gasteiger partial charge in [-0.15, -0.1) is 0 Å². The monoisotopic (exact) mass is 345 g/mol. The van der Waals surface area contributed by atoms with Crippen molar-refractivity contribution in [2.75, 3.05) is 19.6 Å². The van der Waals surface area contributed by atoms with Crippen LogP contribution in [0.5, 0.6) is 0 Å². The van der Waals surface area contributed by atoms with E-state index in [0.29, 0.717) is 19.0 Å². The van der Waals surface area contributed by atoms with Crippen molar-refractivity contribution in [3.05, 3.63) is 46.0 Å². The molecule has 3 rings (SSSR count). The first kappa shape index (κ1) is 17.4. The van der Waals surface area contributed by atoms with E-state index in [2.05, 4.69) is 17.4 Å². The Morgan fingerprint density at radius 2 is 1.88 bits per heavy atom. The Morgan fingerprint density at radius 1 is 1.20 bits per heavy atom. The largest absolute Gasteiger partial charge is 0.347 e. The van der Waals surface area contributed by atoms with E-state index in [1.807, 2.05) is 18.2 Å². The summed E-state index contributed by atoms with van der Waals surface area (Å²) in [5, 5.41) is 13.1. The van der Waals surface area contributed by atoms with Crippen molar-refractivity contribution >= 4 is 11.8 Å². The summed E-state index contributed by atoms with van der Waals surface area (Å²) in [6.45, 7) is 1.34.